The maximum atomic E-state index is 13.9. The molecule has 0 saturated heterocycles. The predicted octanol–water partition coefficient (Wildman–Crippen LogP) is 3.83. The summed E-state index contributed by atoms with van der Waals surface area (Å²) in [4.78, 5) is 30.1. The van der Waals surface area contributed by atoms with E-state index in [4.69, 9.17) is 17.3 Å². The van der Waals surface area contributed by atoms with Crippen molar-refractivity contribution in [2.45, 2.75) is 12.5 Å². The van der Waals surface area contributed by atoms with Crippen molar-refractivity contribution >= 4 is 29.1 Å². The summed E-state index contributed by atoms with van der Waals surface area (Å²) < 4.78 is 13.9. The number of nitrogens with one attached hydrogen (secondary N) is 1. The summed E-state index contributed by atoms with van der Waals surface area (Å²) in [6, 6.07) is 14.0. The first kappa shape index (κ1) is 22.4. The molecule has 0 spiro atoms. The molecule has 31 heavy (non-hydrogen) atoms. The van der Waals surface area contributed by atoms with Crippen LogP contribution in [0.25, 0.3) is 0 Å². The number of benzene rings is 2. The number of nitrogens with two attached hydrogens (primary N) is 1. The minimum atomic E-state index is -0.515. The summed E-state index contributed by atoms with van der Waals surface area (Å²) in [5.41, 5.74) is 8.42. The normalized spacial score (nSPS) is 11.6. The Kier molecular flexibility index (Phi) is 7.33. The largest absolute Gasteiger partial charge is 0.344 e. The highest BCUT2D eigenvalue weighted by Crippen LogP contribution is 2.17. The predicted molar refractivity (Wildman–Crippen MR) is 118 cm³/mol. The number of nitrogens with zero attached hydrogens (tertiary/aromatic N) is 2. The van der Waals surface area contributed by atoms with Gasteiger partial charge in [-0.3, -0.25) is 14.6 Å². The summed E-state index contributed by atoms with van der Waals surface area (Å²) in [5, 5.41) is 3.06. The number of carbonyl (C=O) groups excluding carboxylic acids is 2. The Labute approximate surface area is 184 Å². The zero-order valence-electron chi connectivity index (χ0n) is 16.9. The average molecular weight is 441 g/mol. The Morgan fingerprint density at radius 1 is 1.13 bits per heavy atom. The first-order valence-corrected chi connectivity index (χ1v) is 9.96. The van der Waals surface area contributed by atoms with Crippen LogP contribution in [0.4, 0.5) is 10.1 Å². The number of likely N-dealkylation sites (N-methyl/N-ethyl adjacent to an activating group) is 1. The smallest absolute Gasteiger partial charge is 0.255 e. The highest BCUT2D eigenvalue weighted by molar-refractivity contribution is 6.30. The summed E-state index contributed by atoms with van der Waals surface area (Å²) in [6.07, 6.45) is 3.11. The van der Waals surface area contributed by atoms with Gasteiger partial charge in [-0.15, -0.1) is 0 Å². The minimum absolute atomic E-state index is 0.0830. The van der Waals surface area contributed by atoms with Crippen molar-refractivity contribution in [3.63, 3.8) is 0 Å². The van der Waals surface area contributed by atoms with Crippen molar-refractivity contribution in [3.05, 3.63) is 94.5 Å². The lowest BCUT2D eigenvalue weighted by atomic mass is 10.0. The third-order valence-electron chi connectivity index (χ3n) is 4.79. The molecular weight excluding hydrogens is 419 g/mol. The summed E-state index contributed by atoms with van der Waals surface area (Å²) in [5.74, 6) is -1.02. The van der Waals surface area contributed by atoms with Gasteiger partial charge in [-0.25, -0.2) is 4.39 Å². The van der Waals surface area contributed by atoms with Crippen molar-refractivity contribution in [1.29, 1.82) is 0 Å². The summed E-state index contributed by atoms with van der Waals surface area (Å²) >= 11 is 5.74. The topological polar surface area (TPSA) is 88.3 Å². The maximum absolute atomic E-state index is 13.9. The Hall–Kier alpha value is -3.29. The van der Waals surface area contributed by atoms with E-state index in [1.807, 2.05) is 0 Å². The first-order chi connectivity index (χ1) is 14.8. The van der Waals surface area contributed by atoms with Gasteiger partial charge < -0.3 is 16.0 Å². The summed E-state index contributed by atoms with van der Waals surface area (Å²) in [6.45, 7) is 0.247. The second kappa shape index (κ2) is 10.1. The van der Waals surface area contributed by atoms with Gasteiger partial charge in [0.25, 0.3) is 5.91 Å². The van der Waals surface area contributed by atoms with Crippen LogP contribution in [0.5, 0.6) is 0 Å². The molecule has 8 heteroatoms. The van der Waals surface area contributed by atoms with Gasteiger partial charge in [0.05, 0.1) is 6.42 Å². The Morgan fingerprint density at radius 2 is 1.81 bits per heavy atom. The molecule has 2 amide bonds. The number of hydrogen-bond donors (Lipinski definition) is 2. The lowest BCUT2D eigenvalue weighted by Gasteiger charge is -2.22. The van der Waals surface area contributed by atoms with Crippen LogP contribution in [0.2, 0.25) is 5.02 Å². The molecule has 160 valence electrons. The van der Waals surface area contributed by atoms with Crippen LogP contribution in [0.15, 0.2) is 67.0 Å². The van der Waals surface area contributed by atoms with Crippen LogP contribution >= 0.6 is 11.6 Å². The molecule has 0 saturated carbocycles. The highest BCUT2D eigenvalue weighted by Gasteiger charge is 2.17. The van der Waals surface area contributed by atoms with Crippen LogP contribution in [0.3, 0.4) is 0 Å². The van der Waals surface area contributed by atoms with Gasteiger partial charge in [0, 0.05) is 48.3 Å². The van der Waals surface area contributed by atoms with Gasteiger partial charge in [-0.2, -0.15) is 0 Å². The molecule has 2 aromatic carbocycles. The van der Waals surface area contributed by atoms with E-state index in [1.54, 1.807) is 61.9 Å². The molecule has 0 aliphatic heterocycles. The number of halogens is 2. The van der Waals surface area contributed by atoms with E-state index in [0.29, 0.717) is 11.3 Å². The molecule has 1 atom stereocenters. The second-order valence-corrected chi connectivity index (χ2v) is 7.54. The van der Waals surface area contributed by atoms with E-state index in [9.17, 15) is 14.0 Å². The molecule has 0 aliphatic rings. The Bertz CT molecular complexity index is 1060. The van der Waals surface area contributed by atoms with Crippen LogP contribution < -0.4 is 11.1 Å². The number of amides is 2. The van der Waals surface area contributed by atoms with Gasteiger partial charge in [-0.05, 0) is 47.5 Å². The van der Waals surface area contributed by atoms with E-state index >= 15 is 0 Å². The van der Waals surface area contributed by atoms with Crippen molar-refractivity contribution < 1.29 is 14.0 Å². The van der Waals surface area contributed by atoms with E-state index in [-0.39, 0.29) is 35.4 Å². The van der Waals surface area contributed by atoms with Gasteiger partial charge in [0.15, 0.2) is 0 Å². The number of anilines is 1. The monoisotopic (exact) mass is 440 g/mol. The first-order valence-electron chi connectivity index (χ1n) is 9.58. The molecule has 0 aliphatic carbocycles. The third kappa shape index (κ3) is 6.10. The maximum Gasteiger partial charge on any atom is 0.255 e. The number of rotatable bonds is 7. The minimum Gasteiger partial charge on any atom is -0.344 e. The van der Waals surface area contributed by atoms with Crippen molar-refractivity contribution in [1.82, 2.24) is 9.88 Å². The van der Waals surface area contributed by atoms with E-state index in [2.05, 4.69) is 10.3 Å². The SMILES string of the molecule is CN(CC(N)c1ccc(C(=O)Nc2ccncc2)cc1)C(=O)Cc1ccc(Cl)cc1F. The molecule has 0 bridgehead atoms. The second-order valence-electron chi connectivity index (χ2n) is 7.11. The molecule has 0 radical (unpaired) electrons. The van der Waals surface area contributed by atoms with E-state index in [0.717, 1.165) is 5.56 Å². The number of hydrogen-bond acceptors (Lipinski definition) is 4. The van der Waals surface area contributed by atoms with Gasteiger partial charge in [0.2, 0.25) is 5.91 Å². The zero-order chi connectivity index (χ0) is 22.4. The van der Waals surface area contributed by atoms with Crippen molar-refractivity contribution in [3.8, 4) is 0 Å². The number of aromatic nitrogens is 1. The standard InChI is InChI=1S/C23H22ClFN4O2/c1-29(22(30)12-17-6-7-18(24)13-20(17)25)14-21(26)15-2-4-16(5-3-15)23(31)28-19-8-10-27-11-9-19/h2-11,13,21H,12,14,26H2,1H3,(H,27,28,31). The zero-order valence-corrected chi connectivity index (χ0v) is 17.6. The number of carbonyl (C=O) groups is 2. The lowest BCUT2D eigenvalue weighted by Crippen LogP contribution is -2.35. The summed E-state index contributed by atoms with van der Waals surface area (Å²) in [7, 11) is 1.62. The van der Waals surface area contributed by atoms with Crippen LogP contribution in [0.1, 0.15) is 27.5 Å². The number of pyridine rings is 1. The fourth-order valence-corrected chi connectivity index (χ4v) is 3.14. The van der Waals surface area contributed by atoms with Crippen molar-refractivity contribution in [2.24, 2.45) is 5.73 Å². The van der Waals surface area contributed by atoms with E-state index in [1.165, 1.54) is 17.0 Å². The molecular formula is C23H22ClFN4O2. The van der Waals surface area contributed by atoms with Gasteiger partial charge in [0.1, 0.15) is 5.82 Å². The molecule has 3 rings (SSSR count). The quantitative estimate of drug-likeness (QED) is 0.584. The molecule has 0 fully saturated rings. The lowest BCUT2D eigenvalue weighted by molar-refractivity contribution is -0.129. The third-order valence-corrected chi connectivity index (χ3v) is 5.03. The Balaban J connectivity index is 1.57. The van der Waals surface area contributed by atoms with Gasteiger partial charge in [-0.1, -0.05) is 29.8 Å². The van der Waals surface area contributed by atoms with Crippen LogP contribution in [0, 0.1) is 5.82 Å². The molecule has 1 unspecified atom stereocenters. The average Bonchev–Trinajstić information content (AvgIpc) is 2.76. The molecule has 1 heterocycles. The molecule has 6 nitrogen and oxygen atoms in total. The fraction of sp³-hybridized carbons (Fsp3) is 0.174. The fourth-order valence-electron chi connectivity index (χ4n) is 2.99. The molecule has 1 aromatic heterocycles. The van der Waals surface area contributed by atoms with Crippen LogP contribution in [-0.2, 0) is 11.2 Å². The Morgan fingerprint density at radius 3 is 2.45 bits per heavy atom. The molecule has 3 aromatic rings. The van der Waals surface area contributed by atoms with Gasteiger partial charge >= 0.3 is 0 Å². The van der Waals surface area contributed by atoms with Crippen molar-refractivity contribution in [2.75, 3.05) is 18.9 Å². The highest BCUT2D eigenvalue weighted by atomic mass is 35.5. The van der Waals surface area contributed by atoms with Crippen LogP contribution in [-0.4, -0.2) is 35.3 Å². The molecule has 3 N–H and O–H groups in total. The van der Waals surface area contributed by atoms with E-state index < -0.39 is 11.9 Å².